The van der Waals surface area contributed by atoms with Gasteiger partial charge in [0, 0.05) is 26.6 Å². The quantitative estimate of drug-likeness (QED) is 0.104. The van der Waals surface area contributed by atoms with Crippen molar-refractivity contribution in [3.05, 3.63) is 46.4 Å². The van der Waals surface area contributed by atoms with Crippen LogP contribution in [0.1, 0.15) is 79.1 Å². The summed E-state index contributed by atoms with van der Waals surface area (Å²) in [5, 5.41) is 3.40. The highest BCUT2D eigenvalue weighted by Gasteiger charge is 2.21. The third kappa shape index (κ3) is 9.40. The topological polar surface area (TPSA) is 71.1 Å². The fourth-order valence-electron chi connectivity index (χ4n) is 4.99. The molecule has 0 spiro atoms. The second kappa shape index (κ2) is 17.4. The molecule has 42 heavy (non-hydrogen) atoms. The Morgan fingerprint density at radius 3 is 1.83 bits per heavy atom. The number of benzene rings is 3. The maximum Gasteiger partial charge on any atom is 0.344 e. The van der Waals surface area contributed by atoms with Crippen molar-refractivity contribution < 1.29 is 28.5 Å². The van der Waals surface area contributed by atoms with Crippen molar-refractivity contribution >= 4 is 56.7 Å². The van der Waals surface area contributed by atoms with Crippen molar-refractivity contribution in [3.8, 4) is 11.5 Å². The first-order chi connectivity index (χ1) is 20.3. The molecule has 0 N–H and O–H groups in total. The lowest BCUT2D eigenvalue weighted by Crippen LogP contribution is -2.20. The van der Waals surface area contributed by atoms with Crippen molar-refractivity contribution in [1.82, 2.24) is 0 Å². The summed E-state index contributed by atoms with van der Waals surface area (Å²) in [7, 11) is 0. The van der Waals surface area contributed by atoms with Crippen LogP contribution in [-0.2, 0) is 19.1 Å². The maximum atomic E-state index is 12.7. The second-order valence-electron chi connectivity index (χ2n) is 10.8. The summed E-state index contributed by atoms with van der Waals surface area (Å²) in [6.45, 7) is 8.72. The molecule has 0 aliphatic heterocycles. The molecule has 0 heterocycles. The first-order valence-corrected chi connectivity index (χ1v) is 16.0. The third-order valence-electron chi connectivity index (χ3n) is 7.67. The van der Waals surface area contributed by atoms with Crippen molar-refractivity contribution in [1.29, 1.82) is 0 Å². The van der Waals surface area contributed by atoms with Gasteiger partial charge in [0.15, 0.2) is 13.2 Å². The SMILES string of the molecule is CCCCC(CC)COC(=O)COc1c2cc(Cl)ccc2c(OCC(=O)OCC(CC)CCCC)c2c(Cl)cccc12. The summed E-state index contributed by atoms with van der Waals surface area (Å²) >= 11 is 13.1. The van der Waals surface area contributed by atoms with Gasteiger partial charge in [0.2, 0.25) is 0 Å². The fourth-order valence-corrected chi connectivity index (χ4v) is 5.43. The molecule has 0 saturated carbocycles. The molecule has 2 atom stereocenters. The van der Waals surface area contributed by atoms with Crippen LogP contribution >= 0.6 is 23.2 Å². The van der Waals surface area contributed by atoms with E-state index in [-0.39, 0.29) is 13.2 Å². The Kier molecular flexibility index (Phi) is 14.0. The molecule has 8 heteroatoms. The Balaban J connectivity index is 1.84. The van der Waals surface area contributed by atoms with E-state index in [0.29, 0.717) is 68.1 Å². The molecule has 6 nitrogen and oxygen atoms in total. The molecule has 3 aromatic rings. The number of carbonyl (C=O) groups is 2. The Hall–Kier alpha value is -2.70. The predicted molar refractivity (Wildman–Crippen MR) is 171 cm³/mol. The molecule has 2 unspecified atom stereocenters. The van der Waals surface area contributed by atoms with Gasteiger partial charge in [-0.2, -0.15) is 0 Å². The van der Waals surface area contributed by atoms with E-state index >= 15 is 0 Å². The van der Waals surface area contributed by atoms with E-state index in [1.807, 2.05) is 6.07 Å². The number of unbranched alkanes of at least 4 members (excludes halogenated alkanes) is 2. The molecular weight excluding hydrogens is 575 g/mol. The van der Waals surface area contributed by atoms with E-state index in [0.717, 1.165) is 51.4 Å². The number of carbonyl (C=O) groups excluding carboxylic acids is 2. The van der Waals surface area contributed by atoms with Gasteiger partial charge >= 0.3 is 11.9 Å². The standard InChI is InChI=1S/C34H44Cl2O6/c1-5-9-12-23(7-3)19-39-30(37)21-41-33-27-14-11-15-29(36)32(27)34(26-17-16-25(35)18-28(26)33)42-22-31(38)40-20-24(8-4)13-10-6-2/h11,14-18,23-24H,5-10,12-13,19-22H2,1-4H3. The number of fused-ring (bicyclic) bond motifs is 2. The predicted octanol–water partition coefficient (Wildman–Crippen LogP) is 9.58. The first-order valence-electron chi connectivity index (χ1n) is 15.2. The minimum absolute atomic E-state index is 0.267. The van der Waals surface area contributed by atoms with Gasteiger partial charge in [0.25, 0.3) is 0 Å². The molecule has 3 rings (SSSR count). The molecule has 0 aromatic heterocycles. The van der Waals surface area contributed by atoms with Crippen molar-refractivity contribution in [2.45, 2.75) is 79.1 Å². The highest BCUT2D eigenvalue weighted by atomic mass is 35.5. The van der Waals surface area contributed by atoms with Gasteiger partial charge in [-0.1, -0.05) is 102 Å². The van der Waals surface area contributed by atoms with E-state index in [1.165, 1.54) is 0 Å². The van der Waals surface area contributed by atoms with Crippen LogP contribution in [0.15, 0.2) is 36.4 Å². The van der Waals surface area contributed by atoms with Gasteiger partial charge in [-0.15, -0.1) is 0 Å². The summed E-state index contributed by atoms with van der Waals surface area (Å²) in [5.74, 6) is 0.646. The number of rotatable bonds is 18. The van der Waals surface area contributed by atoms with Crippen LogP contribution in [0.25, 0.3) is 21.5 Å². The molecular formula is C34H44Cl2O6. The number of esters is 2. The van der Waals surface area contributed by atoms with Gasteiger partial charge in [-0.05, 0) is 48.9 Å². The Morgan fingerprint density at radius 2 is 1.29 bits per heavy atom. The fraction of sp³-hybridized carbons (Fsp3) is 0.529. The minimum atomic E-state index is -0.445. The van der Waals surface area contributed by atoms with E-state index in [4.69, 9.17) is 42.1 Å². The first kappa shape index (κ1) is 33.8. The van der Waals surface area contributed by atoms with Gasteiger partial charge in [-0.25, -0.2) is 9.59 Å². The van der Waals surface area contributed by atoms with Crippen LogP contribution in [0, 0.1) is 11.8 Å². The van der Waals surface area contributed by atoms with Gasteiger partial charge in [0.1, 0.15) is 11.5 Å². The zero-order chi connectivity index (χ0) is 30.5. The maximum absolute atomic E-state index is 12.7. The largest absolute Gasteiger partial charge is 0.481 e. The average Bonchev–Trinajstić information content (AvgIpc) is 2.99. The minimum Gasteiger partial charge on any atom is -0.481 e. The lowest BCUT2D eigenvalue weighted by atomic mass is 10.0. The van der Waals surface area contributed by atoms with Crippen LogP contribution in [0.2, 0.25) is 10.0 Å². The van der Waals surface area contributed by atoms with E-state index in [2.05, 4.69) is 27.7 Å². The Labute approximate surface area is 259 Å². The summed E-state index contributed by atoms with van der Waals surface area (Å²) < 4.78 is 23.3. The third-order valence-corrected chi connectivity index (χ3v) is 8.22. The number of halogens is 2. The van der Waals surface area contributed by atoms with Gasteiger partial charge in [0.05, 0.1) is 18.2 Å². The van der Waals surface area contributed by atoms with Crippen LogP contribution in [0.4, 0.5) is 0 Å². The summed E-state index contributed by atoms with van der Waals surface area (Å²) in [6.07, 6.45) is 8.39. The van der Waals surface area contributed by atoms with E-state index in [1.54, 1.807) is 30.3 Å². The van der Waals surface area contributed by atoms with Crippen molar-refractivity contribution in [2.75, 3.05) is 26.4 Å². The number of hydrogen-bond donors (Lipinski definition) is 0. The molecule has 230 valence electrons. The molecule has 0 bridgehead atoms. The van der Waals surface area contributed by atoms with Crippen molar-refractivity contribution in [2.24, 2.45) is 11.8 Å². The molecule has 3 aromatic carbocycles. The lowest BCUT2D eigenvalue weighted by Gasteiger charge is -2.19. The summed E-state index contributed by atoms with van der Waals surface area (Å²) in [6, 6.07) is 10.7. The smallest absolute Gasteiger partial charge is 0.344 e. The van der Waals surface area contributed by atoms with Gasteiger partial charge < -0.3 is 18.9 Å². The Bertz CT molecular complexity index is 1320. The van der Waals surface area contributed by atoms with Crippen molar-refractivity contribution in [3.63, 3.8) is 0 Å². The van der Waals surface area contributed by atoms with Crippen LogP contribution in [0.3, 0.4) is 0 Å². The highest BCUT2D eigenvalue weighted by molar-refractivity contribution is 6.37. The molecule has 0 aliphatic rings. The molecule has 0 saturated heterocycles. The zero-order valence-electron chi connectivity index (χ0n) is 25.3. The van der Waals surface area contributed by atoms with E-state index in [9.17, 15) is 9.59 Å². The second-order valence-corrected chi connectivity index (χ2v) is 11.6. The average molecular weight is 620 g/mol. The molecule has 0 amide bonds. The highest BCUT2D eigenvalue weighted by Crippen LogP contribution is 2.46. The molecule has 0 radical (unpaired) electrons. The summed E-state index contributed by atoms with van der Waals surface area (Å²) in [4.78, 5) is 25.4. The van der Waals surface area contributed by atoms with E-state index < -0.39 is 11.9 Å². The molecule has 0 fully saturated rings. The number of ether oxygens (including phenoxy) is 4. The van der Waals surface area contributed by atoms with Crippen LogP contribution in [0.5, 0.6) is 11.5 Å². The Morgan fingerprint density at radius 1 is 0.714 bits per heavy atom. The zero-order valence-corrected chi connectivity index (χ0v) is 26.8. The van der Waals surface area contributed by atoms with Crippen LogP contribution in [-0.4, -0.2) is 38.4 Å². The monoisotopic (exact) mass is 618 g/mol. The summed E-state index contributed by atoms with van der Waals surface area (Å²) in [5.41, 5.74) is 0. The van der Waals surface area contributed by atoms with Gasteiger partial charge in [-0.3, -0.25) is 0 Å². The number of hydrogen-bond acceptors (Lipinski definition) is 6. The van der Waals surface area contributed by atoms with Crippen LogP contribution < -0.4 is 9.47 Å². The normalized spacial score (nSPS) is 12.7. The molecule has 0 aliphatic carbocycles. The lowest BCUT2D eigenvalue weighted by molar-refractivity contribution is -0.148.